The van der Waals surface area contributed by atoms with E-state index in [2.05, 4.69) is 33.4 Å². The van der Waals surface area contributed by atoms with Crippen LogP contribution in [0, 0.1) is 5.41 Å². The van der Waals surface area contributed by atoms with Crippen LogP contribution in [0.4, 0.5) is 10.6 Å². The Balaban J connectivity index is 1.33. The quantitative estimate of drug-likeness (QED) is 0.784. The smallest absolute Gasteiger partial charge is 0.317 e. The molecule has 1 N–H and O–H groups in total. The first-order valence-corrected chi connectivity index (χ1v) is 11.1. The summed E-state index contributed by atoms with van der Waals surface area (Å²) in [4.78, 5) is 21.8. The molecule has 0 saturated carbocycles. The maximum absolute atomic E-state index is 12.8. The van der Waals surface area contributed by atoms with E-state index in [1.54, 1.807) is 0 Å². The predicted molar refractivity (Wildman–Crippen MR) is 113 cm³/mol. The molecule has 152 valence electrons. The van der Waals surface area contributed by atoms with Gasteiger partial charge in [0.15, 0.2) is 0 Å². The lowest BCUT2D eigenvalue weighted by atomic mass is 9.71. The SMILES string of the molecule is O=C(NCc1ccnc(N2CCCCCC2)c1)N1CCCC2(CC=CCC2)C1. The molecule has 0 aromatic carbocycles. The van der Waals surface area contributed by atoms with E-state index in [4.69, 9.17) is 0 Å². The van der Waals surface area contributed by atoms with Crippen LogP contribution in [-0.4, -0.2) is 42.1 Å². The van der Waals surface area contributed by atoms with Crippen LogP contribution in [0.25, 0.3) is 0 Å². The third-order valence-electron chi connectivity index (χ3n) is 6.69. The van der Waals surface area contributed by atoms with Crippen molar-refractivity contribution in [3.63, 3.8) is 0 Å². The number of piperidine rings is 1. The highest BCUT2D eigenvalue weighted by atomic mass is 16.2. The second-order valence-corrected chi connectivity index (χ2v) is 8.82. The standard InChI is InChI=1S/C23H34N4O/c28-22(27-16-8-12-23(19-27)10-4-3-5-11-23)25-18-20-9-13-24-21(17-20)26-14-6-1-2-7-15-26/h3-4,9,13,17H,1-2,5-8,10-12,14-16,18-19H2,(H,25,28). The van der Waals surface area contributed by atoms with Gasteiger partial charge in [0.2, 0.25) is 0 Å². The summed E-state index contributed by atoms with van der Waals surface area (Å²) in [6.07, 6.45) is 17.5. The van der Waals surface area contributed by atoms with Crippen LogP contribution < -0.4 is 10.2 Å². The molecular weight excluding hydrogens is 348 g/mol. The van der Waals surface area contributed by atoms with Crippen molar-refractivity contribution < 1.29 is 4.79 Å². The third-order valence-corrected chi connectivity index (χ3v) is 6.69. The van der Waals surface area contributed by atoms with Crippen LogP contribution >= 0.6 is 0 Å². The second kappa shape index (κ2) is 8.97. The maximum Gasteiger partial charge on any atom is 0.317 e. The topological polar surface area (TPSA) is 48.5 Å². The molecule has 4 rings (SSSR count). The molecule has 5 nitrogen and oxygen atoms in total. The molecule has 1 aromatic heterocycles. The van der Waals surface area contributed by atoms with Crippen LogP contribution in [0.15, 0.2) is 30.5 Å². The van der Waals surface area contributed by atoms with Gasteiger partial charge in [-0.3, -0.25) is 0 Å². The van der Waals surface area contributed by atoms with Gasteiger partial charge in [0.05, 0.1) is 0 Å². The minimum Gasteiger partial charge on any atom is -0.357 e. The van der Waals surface area contributed by atoms with Crippen LogP contribution in [0.2, 0.25) is 0 Å². The number of pyridine rings is 1. The first kappa shape index (κ1) is 19.3. The van der Waals surface area contributed by atoms with Crippen molar-refractivity contribution in [2.75, 3.05) is 31.1 Å². The lowest BCUT2D eigenvalue weighted by molar-refractivity contribution is 0.0958. The van der Waals surface area contributed by atoms with E-state index in [1.807, 2.05) is 17.2 Å². The largest absolute Gasteiger partial charge is 0.357 e. The molecule has 28 heavy (non-hydrogen) atoms. The fourth-order valence-electron chi connectivity index (χ4n) is 5.03. The van der Waals surface area contributed by atoms with Gasteiger partial charge in [0.25, 0.3) is 0 Å². The number of nitrogens with zero attached hydrogens (tertiary/aromatic N) is 3. The molecule has 2 saturated heterocycles. The molecular formula is C23H34N4O. The number of anilines is 1. The van der Waals surface area contributed by atoms with Crippen molar-refractivity contribution in [2.45, 2.75) is 64.3 Å². The molecule has 5 heteroatoms. The fourth-order valence-corrected chi connectivity index (χ4v) is 5.03. The van der Waals surface area contributed by atoms with E-state index in [0.29, 0.717) is 12.0 Å². The highest BCUT2D eigenvalue weighted by molar-refractivity contribution is 5.74. The molecule has 2 aliphatic heterocycles. The first-order valence-electron chi connectivity index (χ1n) is 11.1. The monoisotopic (exact) mass is 382 g/mol. The fraction of sp³-hybridized carbons (Fsp3) is 0.652. The van der Waals surface area contributed by atoms with Crippen molar-refractivity contribution >= 4 is 11.8 Å². The zero-order valence-electron chi connectivity index (χ0n) is 17.0. The van der Waals surface area contributed by atoms with Gasteiger partial charge < -0.3 is 15.1 Å². The van der Waals surface area contributed by atoms with Crippen molar-refractivity contribution in [1.29, 1.82) is 0 Å². The van der Waals surface area contributed by atoms with Gasteiger partial charge >= 0.3 is 6.03 Å². The number of carbonyl (C=O) groups excluding carboxylic acids is 1. The summed E-state index contributed by atoms with van der Waals surface area (Å²) < 4.78 is 0. The summed E-state index contributed by atoms with van der Waals surface area (Å²) in [5.41, 5.74) is 1.45. The summed E-state index contributed by atoms with van der Waals surface area (Å²) in [5, 5.41) is 3.16. The van der Waals surface area contributed by atoms with E-state index in [-0.39, 0.29) is 6.03 Å². The molecule has 1 unspecified atom stereocenters. The Bertz CT molecular complexity index is 696. The summed E-state index contributed by atoms with van der Waals surface area (Å²) in [6, 6.07) is 4.25. The van der Waals surface area contributed by atoms with Gasteiger partial charge in [0, 0.05) is 38.9 Å². The van der Waals surface area contributed by atoms with E-state index in [9.17, 15) is 4.79 Å². The Morgan fingerprint density at radius 2 is 1.93 bits per heavy atom. The zero-order chi connectivity index (χ0) is 19.2. The number of hydrogen-bond donors (Lipinski definition) is 1. The van der Waals surface area contributed by atoms with E-state index in [1.165, 1.54) is 38.5 Å². The molecule has 2 fully saturated rings. The van der Waals surface area contributed by atoms with Gasteiger partial charge in [-0.05, 0) is 68.1 Å². The Morgan fingerprint density at radius 1 is 1.07 bits per heavy atom. The minimum absolute atomic E-state index is 0.0850. The molecule has 3 heterocycles. The number of nitrogens with one attached hydrogen (secondary N) is 1. The zero-order valence-corrected chi connectivity index (χ0v) is 17.0. The highest BCUT2D eigenvalue weighted by Gasteiger charge is 2.36. The van der Waals surface area contributed by atoms with Gasteiger partial charge in [0.1, 0.15) is 5.82 Å². The molecule has 1 aromatic rings. The number of carbonyl (C=O) groups is 1. The number of rotatable bonds is 3. The Kier molecular flexibility index (Phi) is 6.18. The molecule has 1 atom stereocenters. The maximum atomic E-state index is 12.8. The predicted octanol–water partition coefficient (Wildman–Crippen LogP) is 4.49. The van der Waals surface area contributed by atoms with E-state index in [0.717, 1.165) is 56.8 Å². The number of likely N-dealkylation sites (tertiary alicyclic amines) is 1. The van der Waals surface area contributed by atoms with E-state index < -0.39 is 0 Å². The summed E-state index contributed by atoms with van der Waals surface area (Å²) >= 11 is 0. The van der Waals surface area contributed by atoms with Crippen molar-refractivity contribution in [2.24, 2.45) is 5.41 Å². The van der Waals surface area contributed by atoms with Crippen molar-refractivity contribution in [3.8, 4) is 0 Å². The lowest BCUT2D eigenvalue weighted by Gasteiger charge is -2.43. The average Bonchev–Trinajstić information content (AvgIpc) is 3.02. The number of urea groups is 1. The third kappa shape index (κ3) is 4.68. The van der Waals surface area contributed by atoms with Gasteiger partial charge in [-0.2, -0.15) is 0 Å². The Hall–Kier alpha value is -2.04. The van der Waals surface area contributed by atoms with Crippen molar-refractivity contribution in [1.82, 2.24) is 15.2 Å². The summed E-state index contributed by atoms with van der Waals surface area (Å²) in [6.45, 7) is 4.54. The molecule has 1 aliphatic carbocycles. The summed E-state index contributed by atoms with van der Waals surface area (Å²) in [5.74, 6) is 1.06. The van der Waals surface area contributed by atoms with Gasteiger partial charge in [-0.1, -0.05) is 25.0 Å². The molecule has 0 bridgehead atoms. The highest BCUT2D eigenvalue weighted by Crippen LogP contribution is 2.40. The molecule has 0 radical (unpaired) electrons. The van der Waals surface area contributed by atoms with Crippen LogP contribution in [0.5, 0.6) is 0 Å². The Labute approximate surface area is 169 Å². The lowest BCUT2D eigenvalue weighted by Crippen LogP contribution is -2.49. The normalized spacial score (nSPS) is 25.6. The van der Waals surface area contributed by atoms with Crippen LogP contribution in [-0.2, 0) is 6.54 Å². The van der Waals surface area contributed by atoms with Gasteiger partial charge in [-0.25, -0.2) is 9.78 Å². The average molecular weight is 383 g/mol. The summed E-state index contributed by atoms with van der Waals surface area (Å²) in [7, 11) is 0. The molecule has 2 amide bonds. The van der Waals surface area contributed by atoms with Crippen LogP contribution in [0.3, 0.4) is 0 Å². The Morgan fingerprint density at radius 3 is 2.71 bits per heavy atom. The minimum atomic E-state index is 0.0850. The second-order valence-electron chi connectivity index (χ2n) is 8.82. The van der Waals surface area contributed by atoms with Gasteiger partial charge in [-0.15, -0.1) is 0 Å². The first-order chi connectivity index (χ1) is 13.7. The van der Waals surface area contributed by atoms with E-state index >= 15 is 0 Å². The molecule has 3 aliphatic rings. The number of allylic oxidation sites excluding steroid dienone is 2. The number of aromatic nitrogens is 1. The molecule has 1 spiro atoms. The van der Waals surface area contributed by atoms with Crippen molar-refractivity contribution in [3.05, 3.63) is 36.0 Å². The van der Waals surface area contributed by atoms with Crippen LogP contribution in [0.1, 0.15) is 63.4 Å². The number of hydrogen-bond acceptors (Lipinski definition) is 3. The number of amides is 2.